The molecule has 4 nitrogen and oxygen atoms in total. The van der Waals surface area contributed by atoms with Gasteiger partial charge in [-0.2, -0.15) is 0 Å². The highest BCUT2D eigenvalue weighted by Gasteiger charge is 2.15. The molecule has 0 spiro atoms. The summed E-state index contributed by atoms with van der Waals surface area (Å²) in [5.74, 6) is -0.277. The van der Waals surface area contributed by atoms with Crippen LogP contribution in [0.3, 0.4) is 0 Å². The molecule has 0 bridgehead atoms. The second-order valence-electron chi connectivity index (χ2n) is 3.81. The fraction of sp³-hybridized carbons (Fsp3) is 0.167. The molecule has 0 aromatic carbocycles. The number of thiophene rings is 1. The van der Waals surface area contributed by atoms with Crippen LogP contribution >= 0.6 is 27.3 Å². The minimum atomic E-state index is -0.360. The Kier molecular flexibility index (Phi) is 3.98. The molecule has 6 heteroatoms. The van der Waals surface area contributed by atoms with Crippen LogP contribution in [-0.4, -0.2) is 22.8 Å². The van der Waals surface area contributed by atoms with Crippen molar-refractivity contribution in [3.63, 3.8) is 0 Å². The van der Waals surface area contributed by atoms with E-state index in [2.05, 4.69) is 20.9 Å². The topological polar surface area (TPSA) is 53.2 Å². The molecule has 0 unspecified atom stereocenters. The zero-order chi connectivity index (χ0) is 13.1. The van der Waals surface area contributed by atoms with E-state index >= 15 is 0 Å². The van der Waals surface area contributed by atoms with Crippen LogP contribution in [0.15, 0.2) is 39.0 Å². The number of carbonyl (C=O) groups is 1. The minimum Gasteiger partial charge on any atom is -0.336 e. The van der Waals surface area contributed by atoms with Crippen molar-refractivity contribution in [1.82, 2.24) is 9.88 Å². The van der Waals surface area contributed by atoms with E-state index in [1.807, 2.05) is 11.4 Å². The van der Waals surface area contributed by atoms with E-state index in [1.54, 1.807) is 24.5 Å². The van der Waals surface area contributed by atoms with Crippen LogP contribution in [0.25, 0.3) is 0 Å². The average Bonchev–Trinajstić information content (AvgIpc) is 2.74. The van der Waals surface area contributed by atoms with Crippen molar-refractivity contribution in [2.45, 2.75) is 6.54 Å². The fourth-order valence-electron chi connectivity index (χ4n) is 1.54. The molecule has 0 fully saturated rings. The number of rotatable bonds is 3. The van der Waals surface area contributed by atoms with Crippen molar-refractivity contribution >= 4 is 33.2 Å². The van der Waals surface area contributed by atoms with Crippen LogP contribution in [0.5, 0.6) is 0 Å². The third-order valence-corrected chi connectivity index (χ3v) is 4.09. The number of H-pyrrole nitrogens is 1. The first-order chi connectivity index (χ1) is 8.58. The molecule has 2 rings (SSSR count). The van der Waals surface area contributed by atoms with Gasteiger partial charge in [-0.05, 0) is 34.1 Å². The summed E-state index contributed by atoms with van der Waals surface area (Å²) in [6.45, 7) is 0.490. The summed E-state index contributed by atoms with van der Waals surface area (Å²) < 4.78 is 1.00. The maximum absolute atomic E-state index is 12.1. The summed E-state index contributed by atoms with van der Waals surface area (Å²) in [7, 11) is 1.68. The molecule has 0 aliphatic carbocycles. The lowest BCUT2D eigenvalue weighted by Gasteiger charge is -2.15. The number of pyridine rings is 1. The zero-order valence-corrected chi connectivity index (χ0v) is 12.0. The molecule has 1 N–H and O–H groups in total. The average molecular weight is 327 g/mol. The Bertz CT molecular complexity index is 620. The van der Waals surface area contributed by atoms with Crippen LogP contribution in [0.2, 0.25) is 0 Å². The first-order valence-corrected chi connectivity index (χ1v) is 6.91. The van der Waals surface area contributed by atoms with Gasteiger partial charge in [0.1, 0.15) is 5.56 Å². The van der Waals surface area contributed by atoms with Gasteiger partial charge in [0.25, 0.3) is 11.5 Å². The first kappa shape index (κ1) is 13.0. The lowest BCUT2D eigenvalue weighted by atomic mass is 10.2. The highest BCUT2D eigenvalue weighted by atomic mass is 79.9. The summed E-state index contributed by atoms with van der Waals surface area (Å²) in [6.07, 6.45) is 1.51. The second-order valence-corrected chi connectivity index (χ2v) is 5.72. The fourth-order valence-corrected chi connectivity index (χ4v) is 3.04. The van der Waals surface area contributed by atoms with E-state index in [1.165, 1.54) is 17.2 Å². The van der Waals surface area contributed by atoms with E-state index in [9.17, 15) is 9.59 Å². The van der Waals surface area contributed by atoms with Crippen molar-refractivity contribution < 1.29 is 4.79 Å². The number of amides is 1. The van der Waals surface area contributed by atoms with Crippen LogP contribution in [-0.2, 0) is 6.54 Å². The third-order valence-electron chi connectivity index (χ3n) is 2.41. The number of aromatic amines is 1. The number of hydrogen-bond donors (Lipinski definition) is 1. The smallest absolute Gasteiger partial charge is 0.260 e. The number of hydrogen-bond acceptors (Lipinski definition) is 3. The van der Waals surface area contributed by atoms with Crippen LogP contribution < -0.4 is 5.56 Å². The summed E-state index contributed by atoms with van der Waals surface area (Å²) in [4.78, 5) is 28.7. The standard InChI is InChI=1S/C12H11BrN2O2S/c1-15(6-9-5-8(13)7-18-9)12(17)10-3-2-4-14-11(10)16/h2-5,7H,6H2,1H3,(H,14,16). The molecule has 0 saturated carbocycles. The quantitative estimate of drug-likeness (QED) is 0.942. The lowest BCUT2D eigenvalue weighted by Crippen LogP contribution is -2.30. The maximum atomic E-state index is 12.1. The Labute approximate surface area is 116 Å². The van der Waals surface area contributed by atoms with Crippen LogP contribution in [0.4, 0.5) is 0 Å². The van der Waals surface area contributed by atoms with Crippen LogP contribution in [0.1, 0.15) is 15.2 Å². The molecule has 0 radical (unpaired) electrons. The predicted octanol–water partition coefficient (Wildman–Crippen LogP) is 2.47. The summed E-state index contributed by atoms with van der Waals surface area (Å²) >= 11 is 4.94. The molecule has 18 heavy (non-hydrogen) atoms. The Morgan fingerprint density at radius 1 is 1.56 bits per heavy atom. The van der Waals surface area contributed by atoms with Gasteiger partial charge in [0, 0.05) is 28.0 Å². The van der Waals surface area contributed by atoms with Gasteiger partial charge < -0.3 is 9.88 Å². The van der Waals surface area contributed by atoms with E-state index in [0.29, 0.717) is 6.54 Å². The van der Waals surface area contributed by atoms with Gasteiger partial charge >= 0.3 is 0 Å². The predicted molar refractivity (Wildman–Crippen MR) is 74.9 cm³/mol. The van der Waals surface area contributed by atoms with Crippen molar-refractivity contribution in [3.8, 4) is 0 Å². The largest absolute Gasteiger partial charge is 0.336 e. The van der Waals surface area contributed by atoms with E-state index < -0.39 is 0 Å². The Morgan fingerprint density at radius 2 is 2.33 bits per heavy atom. The number of carbonyl (C=O) groups excluding carboxylic acids is 1. The molecule has 0 aliphatic heterocycles. The molecule has 0 aliphatic rings. The Balaban J connectivity index is 2.15. The van der Waals surface area contributed by atoms with Crippen molar-refractivity contribution in [1.29, 1.82) is 0 Å². The van der Waals surface area contributed by atoms with E-state index in [4.69, 9.17) is 0 Å². The molecule has 2 heterocycles. The summed E-state index contributed by atoms with van der Waals surface area (Å²) in [5, 5.41) is 1.96. The molecule has 0 saturated heterocycles. The molecule has 2 aromatic heterocycles. The number of nitrogens with zero attached hydrogens (tertiary/aromatic N) is 1. The van der Waals surface area contributed by atoms with Crippen molar-refractivity contribution in [3.05, 3.63) is 55.0 Å². The molecule has 94 valence electrons. The van der Waals surface area contributed by atoms with Crippen molar-refractivity contribution in [2.24, 2.45) is 0 Å². The van der Waals surface area contributed by atoms with Gasteiger partial charge in [-0.1, -0.05) is 0 Å². The minimum absolute atomic E-state index is 0.163. The lowest BCUT2D eigenvalue weighted by molar-refractivity contribution is 0.0784. The van der Waals surface area contributed by atoms with Gasteiger partial charge in [0.05, 0.1) is 6.54 Å². The molecule has 2 aromatic rings. The Morgan fingerprint density at radius 3 is 2.94 bits per heavy atom. The normalized spacial score (nSPS) is 10.3. The number of aromatic nitrogens is 1. The van der Waals surface area contributed by atoms with Gasteiger partial charge in [-0.3, -0.25) is 9.59 Å². The Hall–Kier alpha value is -1.40. The maximum Gasteiger partial charge on any atom is 0.260 e. The third kappa shape index (κ3) is 2.88. The van der Waals surface area contributed by atoms with Gasteiger partial charge in [-0.15, -0.1) is 11.3 Å². The van der Waals surface area contributed by atoms with Gasteiger partial charge in [0.2, 0.25) is 0 Å². The second kappa shape index (κ2) is 5.49. The SMILES string of the molecule is CN(Cc1cc(Br)cs1)C(=O)c1ccc[nH]c1=O. The highest BCUT2D eigenvalue weighted by molar-refractivity contribution is 9.10. The molecular weight excluding hydrogens is 316 g/mol. The van der Waals surface area contributed by atoms with E-state index in [0.717, 1.165) is 9.35 Å². The number of halogens is 1. The molecule has 0 atom stereocenters. The van der Waals surface area contributed by atoms with Gasteiger partial charge in [-0.25, -0.2) is 0 Å². The van der Waals surface area contributed by atoms with Crippen molar-refractivity contribution in [2.75, 3.05) is 7.05 Å². The van der Waals surface area contributed by atoms with Gasteiger partial charge in [0.15, 0.2) is 0 Å². The summed E-state index contributed by atoms with van der Waals surface area (Å²) in [6, 6.07) is 5.13. The molecular formula is C12H11BrN2O2S. The number of nitrogens with one attached hydrogen (secondary N) is 1. The van der Waals surface area contributed by atoms with Crippen LogP contribution in [0, 0.1) is 0 Å². The first-order valence-electron chi connectivity index (χ1n) is 5.24. The highest BCUT2D eigenvalue weighted by Crippen LogP contribution is 2.21. The summed E-state index contributed by atoms with van der Waals surface area (Å²) in [5.41, 5.74) is -0.197. The monoisotopic (exact) mass is 326 g/mol. The zero-order valence-electron chi connectivity index (χ0n) is 9.64. The van der Waals surface area contributed by atoms with E-state index in [-0.39, 0.29) is 17.0 Å². The molecule has 1 amide bonds.